The van der Waals surface area contributed by atoms with Crippen LogP contribution in [0.25, 0.3) is 0 Å². The van der Waals surface area contributed by atoms with E-state index in [0.29, 0.717) is 12.1 Å². The van der Waals surface area contributed by atoms with Gasteiger partial charge >= 0.3 is 5.69 Å². The monoisotopic (exact) mass is 376 g/mol. The molecular formula is C12H7BrF2N2O3S. The fourth-order valence-electron chi connectivity index (χ4n) is 1.58. The molecule has 5 nitrogen and oxygen atoms in total. The van der Waals surface area contributed by atoms with Gasteiger partial charge in [0.05, 0.1) is 23.1 Å². The first-order chi connectivity index (χ1) is 9.90. The van der Waals surface area contributed by atoms with E-state index >= 15 is 0 Å². The third kappa shape index (κ3) is 3.42. The number of halogens is 3. The lowest BCUT2D eigenvalue weighted by Crippen LogP contribution is -2.24. The topological polar surface area (TPSA) is 72.2 Å². The normalized spacial score (nSPS) is 10.4. The van der Waals surface area contributed by atoms with Gasteiger partial charge in [0, 0.05) is 9.35 Å². The van der Waals surface area contributed by atoms with Gasteiger partial charge < -0.3 is 5.32 Å². The van der Waals surface area contributed by atoms with Crippen LogP contribution in [0, 0.1) is 21.7 Å². The van der Waals surface area contributed by atoms with E-state index in [0.717, 1.165) is 9.35 Å². The molecule has 0 spiro atoms. The van der Waals surface area contributed by atoms with Crippen LogP contribution in [0.1, 0.15) is 15.2 Å². The number of nitro groups is 1. The number of thiophene rings is 1. The molecule has 0 saturated carbocycles. The van der Waals surface area contributed by atoms with Crippen molar-refractivity contribution in [1.29, 1.82) is 0 Å². The molecule has 9 heteroatoms. The first kappa shape index (κ1) is 15.5. The zero-order valence-corrected chi connectivity index (χ0v) is 12.6. The molecule has 2 aromatic rings. The molecule has 0 atom stereocenters. The Morgan fingerprint density at radius 1 is 1.43 bits per heavy atom. The van der Waals surface area contributed by atoms with Gasteiger partial charge in [-0.25, -0.2) is 4.39 Å². The molecular weight excluding hydrogens is 370 g/mol. The number of amides is 1. The Balaban J connectivity index is 2.23. The summed E-state index contributed by atoms with van der Waals surface area (Å²) in [4.78, 5) is 22.2. The van der Waals surface area contributed by atoms with Gasteiger partial charge in [0.1, 0.15) is 5.82 Å². The predicted octanol–water partition coefficient (Wildman–Crippen LogP) is 3.63. The number of nitro benzene ring substituents is 1. The summed E-state index contributed by atoms with van der Waals surface area (Å²) < 4.78 is 27.8. The number of carbonyl (C=O) groups excluding carboxylic acids is 1. The molecule has 21 heavy (non-hydrogen) atoms. The Kier molecular flexibility index (Phi) is 4.63. The van der Waals surface area contributed by atoms with Crippen molar-refractivity contribution in [2.75, 3.05) is 0 Å². The van der Waals surface area contributed by atoms with E-state index < -0.39 is 33.7 Å². The molecule has 0 saturated heterocycles. The predicted molar refractivity (Wildman–Crippen MR) is 76.2 cm³/mol. The van der Waals surface area contributed by atoms with E-state index in [1.165, 1.54) is 11.3 Å². The molecule has 2 rings (SSSR count). The van der Waals surface area contributed by atoms with Crippen LogP contribution in [0.4, 0.5) is 14.5 Å². The van der Waals surface area contributed by atoms with E-state index in [9.17, 15) is 23.7 Å². The van der Waals surface area contributed by atoms with Crippen LogP contribution in [0.15, 0.2) is 28.1 Å². The van der Waals surface area contributed by atoms with Crippen LogP contribution in [-0.2, 0) is 6.54 Å². The highest BCUT2D eigenvalue weighted by Gasteiger charge is 2.24. The lowest BCUT2D eigenvalue weighted by molar-refractivity contribution is -0.387. The second kappa shape index (κ2) is 6.27. The molecule has 0 aliphatic carbocycles. The fraction of sp³-hybridized carbons (Fsp3) is 0.0833. The number of carbonyl (C=O) groups is 1. The average molecular weight is 377 g/mol. The Bertz CT molecular complexity index is 721. The van der Waals surface area contributed by atoms with Crippen LogP contribution in [0.3, 0.4) is 0 Å². The molecule has 1 heterocycles. The van der Waals surface area contributed by atoms with Gasteiger partial charge in [-0.15, -0.1) is 11.3 Å². The maximum atomic E-state index is 13.8. The van der Waals surface area contributed by atoms with E-state index in [2.05, 4.69) is 21.2 Å². The van der Waals surface area contributed by atoms with Crippen molar-refractivity contribution >= 4 is 38.9 Å². The summed E-state index contributed by atoms with van der Waals surface area (Å²) in [6.07, 6.45) is 0. The Hall–Kier alpha value is -1.87. The van der Waals surface area contributed by atoms with Crippen LogP contribution >= 0.6 is 27.3 Å². The molecule has 0 aliphatic heterocycles. The van der Waals surface area contributed by atoms with Crippen molar-refractivity contribution in [3.63, 3.8) is 0 Å². The summed E-state index contributed by atoms with van der Waals surface area (Å²) in [5, 5.41) is 14.8. The third-order valence-corrected chi connectivity index (χ3v) is 4.49. The lowest BCUT2D eigenvalue weighted by Gasteiger charge is -2.06. The summed E-state index contributed by atoms with van der Waals surface area (Å²) in [6, 6.07) is 2.84. The summed E-state index contributed by atoms with van der Waals surface area (Å²) in [5.41, 5.74) is -1.77. The van der Waals surface area contributed by atoms with E-state index in [1.807, 2.05) is 0 Å². The number of hydrogen-bond acceptors (Lipinski definition) is 4. The Morgan fingerprint density at radius 2 is 2.14 bits per heavy atom. The molecule has 0 bridgehead atoms. The van der Waals surface area contributed by atoms with Crippen molar-refractivity contribution in [3.05, 3.63) is 60.2 Å². The van der Waals surface area contributed by atoms with Crippen molar-refractivity contribution < 1.29 is 18.5 Å². The van der Waals surface area contributed by atoms with Crippen LogP contribution < -0.4 is 5.32 Å². The summed E-state index contributed by atoms with van der Waals surface area (Å²) in [6.45, 7) is 0.0980. The Morgan fingerprint density at radius 3 is 2.71 bits per heavy atom. The summed E-state index contributed by atoms with van der Waals surface area (Å²) in [7, 11) is 0. The first-order valence-corrected chi connectivity index (χ1v) is 7.21. The number of nitrogens with zero attached hydrogens (tertiary/aromatic N) is 1. The summed E-state index contributed by atoms with van der Waals surface area (Å²) in [5.74, 6) is -3.33. The first-order valence-electron chi connectivity index (χ1n) is 5.53. The number of rotatable bonds is 4. The quantitative estimate of drug-likeness (QED) is 0.654. The van der Waals surface area contributed by atoms with Gasteiger partial charge in [-0.05, 0) is 33.4 Å². The van der Waals surface area contributed by atoms with Gasteiger partial charge in [-0.2, -0.15) is 4.39 Å². The fourth-order valence-corrected chi connectivity index (χ4v) is 3.01. The Labute approximate surface area is 129 Å². The number of nitrogens with one attached hydrogen (secondary N) is 1. The van der Waals surface area contributed by atoms with E-state index in [1.54, 1.807) is 11.4 Å². The van der Waals surface area contributed by atoms with E-state index in [-0.39, 0.29) is 6.54 Å². The molecule has 1 aromatic heterocycles. The smallest absolute Gasteiger partial charge is 0.308 e. The van der Waals surface area contributed by atoms with Gasteiger partial charge in [0.25, 0.3) is 5.91 Å². The third-order valence-electron chi connectivity index (χ3n) is 2.56. The average Bonchev–Trinajstić information content (AvgIpc) is 2.83. The zero-order chi connectivity index (χ0) is 15.6. The highest BCUT2D eigenvalue weighted by atomic mass is 79.9. The molecule has 110 valence electrons. The molecule has 1 aromatic carbocycles. The minimum atomic E-state index is -1.36. The lowest BCUT2D eigenvalue weighted by atomic mass is 10.1. The molecule has 1 amide bonds. The van der Waals surface area contributed by atoms with Crippen LogP contribution in [-0.4, -0.2) is 10.8 Å². The summed E-state index contributed by atoms with van der Waals surface area (Å²) >= 11 is 4.63. The zero-order valence-electron chi connectivity index (χ0n) is 10.2. The van der Waals surface area contributed by atoms with Crippen molar-refractivity contribution in [2.24, 2.45) is 0 Å². The number of benzene rings is 1. The van der Waals surface area contributed by atoms with Crippen LogP contribution in [0.5, 0.6) is 0 Å². The van der Waals surface area contributed by atoms with Crippen molar-refractivity contribution in [3.8, 4) is 0 Å². The van der Waals surface area contributed by atoms with Crippen molar-refractivity contribution in [1.82, 2.24) is 5.32 Å². The number of hydrogen-bond donors (Lipinski definition) is 1. The van der Waals surface area contributed by atoms with Gasteiger partial charge in [0.2, 0.25) is 5.82 Å². The molecule has 0 aliphatic rings. The maximum absolute atomic E-state index is 13.8. The molecule has 1 N–H and O–H groups in total. The van der Waals surface area contributed by atoms with Gasteiger partial charge in [-0.1, -0.05) is 0 Å². The highest BCUT2D eigenvalue weighted by molar-refractivity contribution is 9.10. The standard InChI is InChI=1S/C12H7BrF2N2O3S/c13-8-1-2-21-10(8)5-16-12(18)7-3-6(14)4-9(11(7)15)17(19)20/h1-4H,5H2,(H,16,18). The van der Waals surface area contributed by atoms with E-state index in [4.69, 9.17) is 0 Å². The van der Waals surface area contributed by atoms with Gasteiger partial charge in [-0.3, -0.25) is 14.9 Å². The van der Waals surface area contributed by atoms with Crippen LogP contribution in [0.2, 0.25) is 0 Å². The minimum Gasteiger partial charge on any atom is -0.347 e. The largest absolute Gasteiger partial charge is 0.347 e. The maximum Gasteiger partial charge on any atom is 0.308 e. The molecule has 0 radical (unpaired) electrons. The second-order valence-electron chi connectivity index (χ2n) is 3.92. The minimum absolute atomic E-state index is 0.0980. The molecule has 0 fully saturated rings. The highest BCUT2D eigenvalue weighted by Crippen LogP contribution is 2.24. The van der Waals surface area contributed by atoms with Gasteiger partial charge in [0.15, 0.2) is 0 Å². The molecule has 0 unspecified atom stereocenters. The second-order valence-corrected chi connectivity index (χ2v) is 5.77. The van der Waals surface area contributed by atoms with Crippen molar-refractivity contribution in [2.45, 2.75) is 6.54 Å². The SMILES string of the molecule is O=C(NCc1sccc1Br)c1cc(F)cc([N+](=O)[O-])c1F.